The Bertz CT molecular complexity index is 480. The second kappa shape index (κ2) is 7.42. The van der Waals surface area contributed by atoms with Crippen molar-refractivity contribution in [3.05, 3.63) is 11.4 Å². The van der Waals surface area contributed by atoms with Gasteiger partial charge in [-0.15, -0.1) is 0 Å². The van der Waals surface area contributed by atoms with Gasteiger partial charge in [0.25, 0.3) is 5.91 Å². The van der Waals surface area contributed by atoms with Crippen LogP contribution in [0.25, 0.3) is 0 Å². The Kier molecular flexibility index (Phi) is 5.58. The topological polar surface area (TPSA) is 71.4 Å². The van der Waals surface area contributed by atoms with Crippen molar-refractivity contribution in [3.8, 4) is 5.75 Å². The highest BCUT2D eigenvalue weighted by molar-refractivity contribution is 5.77. The molecule has 1 aliphatic heterocycles. The number of hydrogen-bond donors (Lipinski definition) is 2. The molecule has 2 rings (SSSR count). The van der Waals surface area contributed by atoms with Gasteiger partial charge in [-0.1, -0.05) is 0 Å². The van der Waals surface area contributed by atoms with Crippen LogP contribution in [0.3, 0.4) is 0 Å². The summed E-state index contributed by atoms with van der Waals surface area (Å²) in [6, 6.07) is 0. The standard InChI is InChI=1S/C14H25N5O2/c1-11-14(12(2)18(3)17-11)21-10-13(20)16-6-9-19-7-4-15-5-8-19/h15H,4-10H2,1-3H3,(H,16,20). The van der Waals surface area contributed by atoms with Crippen LogP contribution in [-0.4, -0.2) is 66.5 Å². The summed E-state index contributed by atoms with van der Waals surface area (Å²) in [6.45, 7) is 9.52. The number of rotatable bonds is 6. The van der Waals surface area contributed by atoms with Crippen molar-refractivity contribution in [2.75, 3.05) is 45.9 Å². The summed E-state index contributed by atoms with van der Waals surface area (Å²) in [5.41, 5.74) is 1.74. The smallest absolute Gasteiger partial charge is 0.257 e. The first kappa shape index (κ1) is 15.8. The summed E-state index contributed by atoms with van der Waals surface area (Å²) in [5.74, 6) is 0.613. The molecule has 1 saturated heterocycles. The quantitative estimate of drug-likeness (QED) is 0.736. The number of nitrogens with one attached hydrogen (secondary N) is 2. The Hall–Kier alpha value is -1.60. The second-order valence-corrected chi connectivity index (χ2v) is 5.35. The normalized spacial score (nSPS) is 16.0. The Morgan fingerprint density at radius 1 is 1.38 bits per heavy atom. The molecule has 21 heavy (non-hydrogen) atoms. The molecule has 0 aliphatic carbocycles. The molecule has 0 saturated carbocycles. The molecule has 1 amide bonds. The summed E-state index contributed by atoms with van der Waals surface area (Å²) < 4.78 is 7.33. The van der Waals surface area contributed by atoms with E-state index in [1.54, 1.807) is 4.68 Å². The average molecular weight is 295 g/mol. The molecule has 0 unspecified atom stereocenters. The van der Waals surface area contributed by atoms with Crippen LogP contribution >= 0.6 is 0 Å². The van der Waals surface area contributed by atoms with Crippen LogP contribution in [0.2, 0.25) is 0 Å². The number of carbonyl (C=O) groups excluding carboxylic acids is 1. The third-order valence-corrected chi connectivity index (χ3v) is 3.75. The number of piperazine rings is 1. The summed E-state index contributed by atoms with van der Waals surface area (Å²) in [5, 5.41) is 10.5. The first-order valence-corrected chi connectivity index (χ1v) is 7.40. The van der Waals surface area contributed by atoms with Crippen molar-refractivity contribution >= 4 is 5.91 Å². The predicted molar refractivity (Wildman–Crippen MR) is 80.5 cm³/mol. The van der Waals surface area contributed by atoms with E-state index >= 15 is 0 Å². The summed E-state index contributed by atoms with van der Waals surface area (Å²) in [4.78, 5) is 14.1. The minimum absolute atomic E-state index is 0.0366. The number of nitrogens with zero attached hydrogens (tertiary/aromatic N) is 3. The van der Waals surface area contributed by atoms with E-state index in [1.165, 1.54) is 0 Å². The molecule has 1 aromatic heterocycles. The van der Waals surface area contributed by atoms with Gasteiger partial charge in [-0.2, -0.15) is 5.10 Å². The molecule has 7 nitrogen and oxygen atoms in total. The molecule has 0 aromatic carbocycles. The molecule has 1 aromatic rings. The highest BCUT2D eigenvalue weighted by atomic mass is 16.5. The molecule has 0 radical (unpaired) electrons. The Morgan fingerprint density at radius 2 is 2.10 bits per heavy atom. The highest BCUT2D eigenvalue weighted by Crippen LogP contribution is 2.20. The number of aryl methyl sites for hydroxylation is 2. The third-order valence-electron chi connectivity index (χ3n) is 3.75. The number of amides is 1. The lowest BCUT2D eigenvalue weighted by Crippen LogP contribution is -2.46. The number of hydrogen-bond acceptors (Lipinski definition) is 5. The van der Waals surface area contributed by atoms with Crippen molar-refractivity contribution in [2.45, 2.75) is 13.8 Å². The van der Waals surface area contributed by atoms with Gasteiger partial charge in [-0.25, -0.2) is 0 Å². The maximum absolute atomic E-state index is 11.8. The Morgan fingerprint density at radius 3 is 2.71 bits per heavy atom. The summed E-state index contributed by atoms with van der Waals surface area (Å²) in [6.07, 6.45) is 0. The van der Waals surface area contributed by atoms with Crippen molar-refractivity contribution in [1.29, 1.82) is 0 Å². The molecular weight excluding hydrogens is 270 g/mol. The van der Waals surface area contributed by atoms with Crippen LogP contribution in [0.1, 0.15) is 11.4 Å². The predicted octanol–water partition coefficient (Wildman–Crippen LogP) is -0.563. The first-order chi connectivity index (χ1) is 10.1. The van der Waals surface area contributed by atoms with E-state index in [-0.39, 0.29) is 12.5 Å². The first-order valence-electron chi connectivity index (χ1n) is 7.40. The van der Waals surface area contributed by atoms with Crippen LogP contribution in [0, 0.1) is 13.8 Å². The fourth-order valence-corrected chi connectivity index (χ4v) is 2.44. The molecule has 7 heteroatoms. The van der Waals surface area contributed by atoms with Gasteiger partial charge in [-0.05, 0) is 13.8 Å². The monoisotopic (exact) mass is 295 g/mol. The highest BCUT2D eigenvalue weighted by Gasteiger charge is 2.13. The van der Waals surface area contributed by atoms with Gasteiger partial charge in [0.05, 0.1) is 5.69 Å². The molecule has 2 heterocycles. The van der Waals surface area contributed by atoms with E-state index in [0.29, 0.717) is 12.3 Å². The minimum Gasteiger partial charge on any atom is -0.480 e. The van der Waals surface area contributed by atoms with E-state index in [9.17, 15) is 4.79 Å². The number of carbonyl (C=O) groups is 1. The van der Waals surface area contributed by atoms with Crippen molar-refractivity contribution in [3.63, 3.8) is 0 Å². The molecular formula is C14H25N5O2. The molecule has 118 valence electrons. The van der Waals surface area contributed by atoms with Crippen molar-refractivity contribution in [1.82, 2.24) is 25.3 Å². The van der Waals surface area contributed by atoms with E-state index in [2.05, 4.69) is 20.6 Å². The SMILES string of the molecule is Cc1nn(C)c(C)c1OCC(=O)NCCN1CCNCC1. The van der Waals surface area contributed by atoms with Gasteiger partial charge < -0.3 is 15.4 Å². The van der Waals surface area contributed by atoms with Crippen LogP contribution in [-0.2, 0) is 11.8 Å². The van der Waals surface area contributed by atoms with Gasteiger partial charge in [0.15, 0.2) is 12.4 Å². The number of ether oxygens (including phenoxy) is 1. The fourth-order valence-electron chi connectivity index (χ4n) is 2.44. The summed E-state index contributed by atoms with van der Waals surface area (Å²) >= 11 is 0. The van der Waals surface area contributed by atoms with Crippen molar-refractivity contribution in [2.24, 2.45) is 7.05 Å². The van der Waals surface area contributed by atoms with Gasteiger partial charge in [0, 0.05) is 46.3 Å². The number of aromatic nitrogens is 2. The van der Waals surface area contributed by atoms with Crippen LogP contribution in [0.15, 0.2) is 0 Å². The van der Waals surface area contributed by atoms with Crippen LogP contribution in [0.5, 0.6) is 5.75 Å². The maximum Gasteiger partial charge on any atom is 0.257 e. The average Bonchev–Trinajstić information content (AvgIpc) is 2.71. The zero-order valence-electron chi connectivity index (χ0n) is 13.1. The fraction of sp³-hybridized carbons (Fsp3) is 0.714. The lowest BCUT2D eigenvalue weighted by molar-refractivity contribution is -0.123. The lowest BCUT2D eigenvalue weighted by atomic mass is 10.3. The molecule has 0 bridgehead atoms. The third kappa shape index (κ3) is 4.44. The zero-order valence-corrected chi connectivity index (χ0v) is 13.1. The van der Waals surface area contributed by atoms with Crippen LogP contribution < -0.4 is 15.4 Å². The Balaban J connectivity index is 1.67. The van der Waals surface area contributed by atoms with E-state index in [4.69, 9.17) is 4.74 Å². The van der Waals surface area contributed by atoms with Crippen LogP contribution in [0.4, 0.5) is 0 Å². The van der Waals surface area contributed by atoms with E-state index in [1.807, 2.05) is 20.9 Å². The largest absolute Gasteiger partial charge is 0.480 e. The Labute approximate surface area is 125 Å². The molecule has 0 atom stereocenters. The molecule has 0 spiro atoms. The van der Waals surface area contributed by atoms with Gasteiger partial charge in [-0.3, -0.25) is 14.4 Å². The zero-order chi connectivity index (χ0) is 15.2. The maximum atomic E-state index is 11.8. The lowest BCUT2D eigenvalue weighted by Gasteiger charge is -2.27. The van der Waals surface area contributed by atoms with Gasteiger partial charge in [0.2, 0.25) is 0 Å². The molecule has 1 fully saturated rings. The van der Waals surface area contributed by atoms with Gasteiger partial charge in [0.1, 0.15) is 5.69 Å². The van der Waals surface area contributed by atoms with Crippen molar-refractivity contribution < 1.29 is 9.53 Å². The van der Waals surface area contributed by atoms with E-state index < -0.39 is 0 Å². The minimum atomic E-state index is -0.0900. The van der Waals surface area contributed by atoms with E-state index in [0.717, 1.165) is 44.1 Å². The molecule has 1 aliphatic rings. The summed E-state index contributed by atoms with van der Waals surface area (Å²) in [7, 11) is 1.86. The van der Waals surface area contributed by atoms with Gasteiger partial charge >= 0.3 is 0 Å². The molecule has 2 N–H and O–H groups in total. The second-order valence-electron chi connectivity index (χ2n) is 5.35.